The van der Waals surface area contributed by atoms with Crippen LogP contribution in [0.2, 0.25) is 0 Å². The number of aliphatic carboxylic acids is 1. The average molecular weight is 290 g/mol. The number of hydrogen-bond acceptors (Lipinski definition) is 3. The highest BCUT2D eigenvalue weighted by atomic mass is 79.9. The third kappa shape index (κ3) is 3.46. The van der Waals surface area contributed by atoms with Gasteiger partial charge in [0.2, 0.25) is 0 Å². The van der Waals surface area contributed by atoms with Crippen molar-refractivity contribution >= 4 is 21.9 Å². The Morgan fingerprint density at radius 3 is 2.81 bits per heavy atom. The number of aliphatic hydroxyl groups excluding tert-OH is 1. The first-order valence-corrected chi connectivity index (χ1v) is 5.46. The van der Waals surface area contributed by atoms with Crippen LogP contribution in [0.3, 0.4) is 0 Å². The van der Waals surface area contributed by atoms with E-state index in [0.717, 1.165) is 0 Å². The lowest BCUT2D eigenvalue weighted by Crippen LogP contribution is -2.28. The van der Waals surface area contributed by atoms with E-state index in [9.17, 15) is 14.7 Å². The molecule has 0 amide bonds. The van der Waals surface area contributed by atoms with Gasteiger partial charge in [-0.05, 0) is 28.9 Å². The molecule has 1 unspecified atom stereocenters. The number of aliphatic hydroxyl groups is 1. The summed E-state index contributed by atoms with van der Waals surface area (Å²) in [5.41, 5.74) is 0.310. The van der Waals surface area contributed by atoms with E-state index in [-0.39, 0.29) is 18.5 Å². The Bertz CT molecular complexity index is 455. The third-order valence-electron chi connectivity index (χ3n) is 2.05. The molecule has 1 heterocycles. The highest BCUT2D eigenvalue weighted by Gasteiger charge is 2.11. The molecule has 0 fully saturated rings. The van der Waals surface area contributed by atoms with Gasteiger partial charge < -0.3 is 14.8 Å². The third-order valence-corrected chi connectivity index (χ3v) is 2.48. The minimum atomic E-state index is -1.09. The summed E-state index contributed by atoms with van der Waals surface area (Å²) >= 11 is 3.23. The smallest absolute Gasteiger partial charge is 0.306 e. The second-order valence-corrected chi connectivity index (χ2v) is 4.47. The Kier molecular flexibility index (Phi) is 4.26. The van der Waals surface area contributed by atoms with E-state index in [0.29, 0.717) is 10.0 Å². The number of nitrogens with zero attached hydrogens (tertiary/aromatic N) is 1. The number of rotatable bonds is 4. The molecule has 1 aromatic rings. The molecule has 1 aromatic heterocycles. The monoisotopic (exact) mass is 289 g/mol. The average Bonchev–Trinajstić information content (AvgIpc) is 2.11. The zero-order valence-electron chi connectivity index (χ0n) is 8.68. The molecule has 0 spiro atoms. The minimum absolute atomic E-state index is 0.0224. The van der Waals surface area contributed by atoms with Crippen LogP contribution in [0.4, 0.5) is 0 Å². The van der Waals surface area contributed by atoms with Crippen LogP contribution < -0.4 is 5.56 Å². The first-order valence-electron chi connectivity index (χ1n) is 4.66. The molecule has 88 valence electrons. The summed E-state index contributed by atoms with van der Waals surface area (Å²) < 4.78 is 2.01. The van der Waals surface area contributed by atoms with Crippen molar-refractivity contribution in [2.24, 2.45) is 0 Å². The van der Waals surface area contributed by atoms with Crippen LogP contribution in [-0.4, -0.2) is 26.9 Å². The molecular formula is C10H12BrNO4. The second kappa shape index (κ2) is 5.27. The number of halogens is 1. The quantitative estimate of drug-likeness (QED) is 0.857. The summed E-state index contributed by atoms with van der Waals surface area (Å²) in [4.78, 5) is 22.0. The van der Waals surface area contributed by atoms with Crippen molar-refractivity contribution in [1.29, 1.82) is 0 Å². The van der Waals surface area contributed by atoms with E-state index >= 15 is 0 Å². The normalized spacial score (nSPS) is 12.4. The molecule has 0 aliphatic carbocycles. The molecule has 6 heteroatoms. The van der Waals surface area contributed by atoms with E-state index < -0.39 is 12.1 Å². The number of carboxylic acid groups (broad SMARTS) is 1. The predicted octanol–water partition coefficient (Wildman–Crippen LogP) is 0.755. The lowest BCUT2D eigenvalue weighted by Gasteiger charge is -2.11. The van der Waals surface area contributed by atoms with Crippen LogP contribution in [-0.2, 0) is 11.3 Å². The first kappa shape index (κ1) is 12.9. The predicted molar refractivity (Wildman–Crippen MR) is 61.4 cm³/mol. The molecule has 0 bridgehead atoms. The van der Waals surface area contributed by atoms with Gasteiger partial charge in [-0.25, -0.2) is 0 Å². The fourth-order valence-electron chi connectivity index (χ4n) is 1.37. The van der Waals surface area contributed by atoms with Crippen LogP contribution in [0, 0.1) is 6.92 Å². The first-order chi connectivity index (χ1) is 7.40. The Balaban J connectivity index is 2.89. The molecule has 0 aliphatic heterocycles. The lowest BCUT2D eigenvalue weighted by molar-refractivity contribution is -0.139. The summed E-state index contributed by atoms with van der Waals surface area (Å²) in [5, 5.41) is 17.9. The molecule has 0 aromatic carbocycles. The SMILES string of the molecule is Cc1cc(Br)cn(CC(O)CC(=O)O)c1=O. The Morgan fingerprint density at radius 1 is 1.62 bits per heavy atom. The van der Waals surface area contributed by atoms with Gasteiger partial charge in [-0.2, -0.15) is 0 Å². The van der Waals surface area contributed by atoms with Crippen molar-refractivity contribution in [3.8, 4) is 0 Å². The van der Waals surface area contributed by atoms with E-state index in [4.69, 9.17) is 5.11 Å². The van der Waals surface area contributed by atoms with Crippen LogP contribution in [0.5, 0.6) is 0 Å². The molecule has 1 rings (SSSR count). The van der Waals surface area contributed by atoms with Crippen LogP contribution in [0.15, 0.2) is 21.5 Å². The number of carbonyl (C=O) groups is 1. The van der Waals surface area contributed by atoms with Crippen molar-refractivity contribution in [1.82, 2.24) is 4.57 Å². The van der Waals surface area contributed by atoms with Crippen molar-refractivity contribution in [2.75, 3.05) is 0 Å². The number of hydrogen-bond donors (Lipinski definition) is 2. The van der Waals surface area contributed by atoms with Crippen LogP contribution in [0.1, 0.15) is 12.0 Å². The van der Waals surface area contributed by atoms with E-state index in [2.05, 4.69) is 15.9 Å². The summed E-state index contributed by atoms with van der Waals surface area (Å²) in [6.07, 6.45) is 0.0854. The molecular weight excluding hydrogens is 278 g/mol. The van der Waals surface area contributed by atoms with Crippen molar-refractivity contribution in [3.63, 3.8) is 0 Å². The van der Waals surface area contributed by atoms with Gasteiger partial charge in [0.15, 0.2) is 0 Å². The molecule has 1 atom stereocenters. The summed E-state index contributed by atoms with van der Waals surface area (Å²) in [6.45, 7) is 1.64. The molecule has 2 N–H and O–H groups in total. The van der Waals surface area contributed by atoms with Crippen LogP contribution >= 0.6 is 15.9 Å². The summed E-state index contributed by atoms with van der Waals surface area (Å²) in [7, 11) is 0. The Morgan fingerprint density at radius 2 is 2.25 bits per heavy atom. The Labute approximate surface area is 100 Å². The molecule has 0 aliphatic rings. The van der Waals surface area contributed by atoms with Gasteiger partial charge in [0.25, 0.3) is 5.56 Å². The number of pyridine rings is 1. The fraction of sp³-hybridized carbons (Fsp3) is 0.400. The van der Waals surface area contributed by atoms with E-state index in [1.54, 1.807) is 13.0 Å². The highest BCUT2D eigenvalue weighted by Crippen LogP contribution is 2.08. The summed E-state index contributed by atoms with van der Waals surface area (Å²) in [6, 6.07) is 1.67. The van der Waals surface area contributed by atoms with Crippen molar-refractivity contribution in [3.05, 3.63) is 32.7 Å². The molecule has 0 radical (unpaired) electrons. The molecule has 0 saturated heterocycles. The maximum absolute atomic E-state index is 11.6. The maximum atomic E-state index is 11.6. The van der Waals surface area contributed by atoms with Gasteiger partial charge >= 0.3 is 5.97 Å². The van der Waals surface area contributed by atoms with Gasteiger partial charge in [0, 0.05) is 16.2 Å². The van der Waals surface area contributed by atoms with Crippen molar-refractivity contribution < 1.29 is 15.0 Å². The fourth-order valence-corrected chi connectivity index (χ4v) is 1.96. The molecule has 16 heavy (non-hydrogen) atoms. The van der Waals surface area contributed by atoms with Gasteiger partial charge in [-0.15, -0.1) is 0 Å². The van der Waals surface area contributed by atoms with Crippen molar-refractivity contribution in [2.45, 2.75) is 26.0 Å². The van der Waals surface area contributed by atoms with E-state index in [1.165, 1.54) is 10.8 Å². The number of aromatic nitrogens is 1. The zero-order chi connectivity index (χ0) is 12.3. The highest BCUT2D eigenvalue weighted by molar-refractivity contribution is 9.10. The zero-order valence-corrected chi connectivity index (χ0v) is 10.3. The minimum Gasteiger partial charge on any atom is -0.481 e. The van der Waals surface area contributed by atoms with Gasteiger partial charge in [-0.3, -0.25) is 9.59 Å². The van der Waals surface area contributed by atoms with Crippen LogP contribution in [0.25, 0.3) is 0 Å². The summed E-state index contributed by atoms with van der Waals surface area (Å²) in [5.74, 6) is -1.09. The van der Waals surface area contributed by atoms with Gasteiger partial charge in [-0.1, -0.05) is 0 Å². The molecule has 0 saturated carbocycles. The number of carboxylic acids is 1. The van der Waals surface area contributed by atoms with Gasteiger partial charge in [0.05, 0.1) is 19.1 Å². The van der Waals surface area contributed by atoms with E-state index in [1.807, 2.05) is 0 Å². The maximum Gasteiger partial charge on any atom is 0.306 e. The number of aryl methyl sites for hydroxylation is 1. The molecule has 5 nitrogen and oxygen atoms in total. The van der Waals surface area contributed by atoms with Gasteiger partial charge in [0.1, 0.15) is 0 Å². The largest absolute Gasteiger partial charge is 0.481 e. The second-order valence-electron chi connectivity index (χ2n) is 3.55. The lowest BCUT2D eigenvalue weighted by atomic mass is 10.2. The topological polar surface area (TPSA) is 79.5 Å². The standard InChI is InChI=1S/C10H12BrNO4/c1-6-2-7(11)4-12(10(6)16)5-8(13)3-9(14)15/h2,4,8,13H,3,5H2,1H3,(H,14,15). The Hall–Kier alpha value is -1.14.